The Kier molecular flexibility index (Phi) is 4.58. The van der Waals surface area contributed by atoms with Crippen molar-refractivity contribution in [2.24, 2.45) is 0 Å². The predicted octanol–water partition coefficient (Wildman–Crippen LogP) is 0.000800. The van der Waals surface area contributed by atoms with Crippen molar-refractivity contribution >= 4 is 0 Å². The zero-order chi connectivity index (χ0) is 11.4. The first kappa shape index (κ1) is 12.3. The summed E-state index contributed by atoms with van der Waals surface area (Å²) in [5, 5.41) is 3.43. The smallest absolute Gasteiger partial charge is 0.0830 e. The molecular formula is C12H25N3O. The summed E-state index contributed by atoms with van der Waals surface area (Å²) in [6.45, 7) is 13.5. The number of morpholine rings is 1. The fourth-order valence-corrected chi connectivity index (χ4v) is 2.56. The van der Waals surface area contributed by atoms with Crippen molar-refractivity contribution in [3.8, 4) is 0 Å². The van der Waals surface area contributed by atoms with Crippen LogP contribution in [0.5, 0.6) is 0 Å². The minimum absolute atomic E-state index is 0.371. The molecule has 94 valence electrons. The van der Waals surface area contributed by atoms with Crippen molar-refractivity contribution in [1.29, 1.82) is 0 Å². The van der Waals surface area contributed by atoms with Gasteiger partial charge in [0, 0.05) is 45.8 Å². The van der Waals surface area contributed by atoms with Gasteiger partial charge in [0.15, 0.2) is 0 Å². The van der Waals surface area contributed by atoms with Crippen LogP contribution in [0, 0.1) is 0 Å². The fourth-order valence-electron chi connectivity index (χ4n) is 2.56. The molecule has 0 amide bonds. The summed E-state index contributed by atoms with van der Waals surface area (Å²) in [5.74, 6) is 0. The maximum absolute atomic E-state index is 5.92. The van der Waals surface area contributed by atoms with Gasteiger partial charge in [-0.1, -0.05) is 6.92 Å². The van der Waals surface area contributed by atoms with E-state index < -0.39 is 0 Å². The van der Waals surface area contributed by atoms with Gasteiger partial charge >= 0.3 is 0 Å². The molecule has 2 aliphatic heterocycles. The van der Waals surface area contributed by atoms with Crippen molar-refractivity contribution in [1.82, 2.24) is 15.1 Å². The Morgan fingerprint density at radius 3 is 2.44 bits per heavy atom. The fraction of sp³-hybridized carbons (Fsp3) is 1.00. The molecule has 2 rings (SSSR count). The lowest BCUT2D eigenvalue weighted by Gasteiger charge is -2.37. The molecule has 2 atom stereocenters. The third kappa shape index (κ3) is 3.42. The molecule has 0 aromatic rings. The highest BCUT2D eigenvalue weighted by molar-refractivity contribution is 4.78. The number of hydrogen-bond donors (Lipinski definition) is 1. The van der Waals surface area contributed by atoms with E-state index in [4.69, 9.17) is 4.74 Å². The van der Waals surface area contributed by atoms with Crippen LogP contribution in [0.25, 0.3) is 0 Å². The number of rotatable bonds is 3. The lowest BCUT2D eigenvalue weighted by molar-refractivity contribution is -0.0471. The number of piperazine rings is 1. The SMILES string of the molecule is CCN1CCN(C[C@@H]2CNC[C@@H](C)O2)CC1. The second-order valence-electron chi connectivity index (χ2n) is 4.96. The van der Waals surface area contributed by atoms with Crippen LogP contribution in [0.1, 0.15) is 13.8 Å². The molecule has 0 aromatic carbocycles. The first-order valence-electron chi connectivity index (χ1n) is 6.59. The zero-order valence-corrected chi connectivity index (χ0v) is 10.6. The number of hydrogen-bond acceptors (Lipinski definition) is 4. The van der Waals surface area contributed by atoms with Gasteiger partial charge in [-0.05, 0) is 13.5 Å². The molecule has 2 saturated heterocycles. The Bertz CT molecular complexity index is 204. The zero-order valence-electron chi connectivity index (χ0n) is 10.6. The van der Waals surface area contributed by atoms with Gasteiger partial charge in [-0.25, -0.2) is 0 Å². The molecule has 0 saturated carbocycles. The normalized spacial score (nSPS) is 34.1. The van der Waals surface area contributed by atoms with Gasteiger partial charge in [-0.2, -0.15) is 0 Å². The van der Waals surface area contributed by atoms with Crippen molar-refractivity contribution in [3.63, 3.8) is 0 Å². The second kappa shape index (κ2) is 5.96. The highest BCUT2D eigenvalue weighted by Gasteiger charge is 2.23. The Labute approximate surface area is 98.9 Å². The Morgan fingerprint density at radius 2 is 1.81 bits per heavy atom. The van der Waals surface area contributed by atoms with E-state index in [1.165, 1.54) is 32.7 Å². The molecule has 2 fully saturated rings. The maximum atomic E-state index is 5.92. The van der Waals surface area contributed by atoms with Crippen LogP contribution in [-0.2, 0) is 4.74 Å². The van der Waals surface area contributed by atoms with Gasteiger partial charge in [0.1, 0.15) is 0 Å². The summed E-state index contributed by atoms with van der Waals surface area (Å²) >= 11 is 0. The summed E-state index contributed by atoms with van der Waals surface area (Å²) < 4.78 is 5.92. The second-order valence-corrected chi connectivity index (χ2v) is 4.96. The lowest BCUT2D eigenvalue weighted by atomic mass is 10.2. The number of nitrogens with zero attached hydrogens (tertiary/aromatic N) is 2. The maximum Gasteiger partial charge on any atom is 0.0830 e. The van der Waals surface area contributed by atoms with E-state index in [1.54, 1.807) is 0 Å². The molecule has 4 heteroatoms. The largest absolute Gasteiger partial charge is 0.371 e. The summed E-state index contributed by atoms with van der Waals surface area (Å²) in [4.78, 5) is 5.05. The molecular weight excluding hydrogens is 202 g/mol. The van der Waals surface area contributed by atoms with Crippen LogP contribution in [-0.4, -0.2) is 74.4 Å². The molecule has 2 heterocycles. The van der Waals surface area contributed by atoms with Gasteiger partial charge < -0.3 is 15.0 Å². The first-order chi connectivity index (χ1) is 7.78. The number of likely N-dealkylation sites (N-methyl/N-ethyl adjacent to an activating group) is 1. The summed E-state index contributed by atoms with van der Waals surface area (Å²) in [6, 6.07) is 0. The number of nitrogens with one attached hydrogen (secondary N) is 1. The van der Waals surface area contributed by atoms with Gasteiger partial charge in [0.05, 0.1) is 12.2 Å². The minimum Gasteiger partial charge on any atom is -0.371 e. The average Bonchev–Trinajstić information content (AvgIpc) is 2.30. The Balaban J connectivity index is 1.69. The molecule has 1 N–H and O–H groups in total. The van der Waals surface area contributed by atoms with Crippen LogP contribution in [0.15, 0.2) is 0 Å². The Hall–Kier alpha value is -0.160. The van der Waals surface area contributed by atoms with E-state index in [1.807, 2.05) is 0 Å². The molecule has 2 aliphatic rings. The van der Waals surface area contributed by atoms with Crippen molar-refractivity contribution < 1.29 is 4.74 Å². The van der Waals surface area contributed by atoms with E-state index in [0.29, 0.717) is 12.2 Å². The van der Waals surface area contributed by atoms with Crippen LogP contribution >= 0.6 is 0 Å². The summed E-state index contributed by atoms with van der Waals surface area (Å²) in [6.07, 6.45) is 0.757. The van der Waals surface area contributed by atoms with Crippen molar-refractivity contribution in [2.75, 3.05) is 52.4 Å². The topological polar surface area (TPSA) is 27.7 Å². The molecule has 0 spiro atoms. The predicted molar refractivity (Wildman–Crippen MR) is 65.8 cm³/mol. The standard InChI is InChI=1S/C12H25N3O/c1-3-14-4-6-15(7-5-14)10-12-9-13-8-11(2)16-12/h11-13H,3-10H2,1-2H3/t11-,12+/m1/s1. The van der Waals surface area contributed by atoms with E-state index in [2.05, 4.69) is 29.0 Å². The van der Waals surface area contributed by atoms with Crippen molar-refractivity contribution in [3.05, 3.63) is 0 Å². The highest BCUT2D eigenvalue weighted by Crippen LogP contribution is 2.08. The third-order valence-electron chi connectivity index (χ3n) is 3.60. The van der Waals surface area contributed by atoms with Gasteiger partial charge in [-0.15, -0.1) is 0 Å². The lowest BCUT2D eigenvalue weighted by Crippen LogP contribution is -2.53. The average molecular weight is 227 g/mol. The summed E-state index contributed by atoms with van der Waals surface area (Å²) in [5.41, 5.74) is 0. The monoisotopic (exact) mass is 227 g/mol. The van der Waals surface area contributed by atoms with E-state index in [0.717, 1.165) is 19.6 Å². The van der Waals surface area contributed by atoms with Crippen LogP contribution in [0.3, 0.4) is 0 Å². The minimum atomic E-state index is 0.371. The molecule has 0 bridgehead atoms. The Morgan fingerprint density at radius 1 is 1.12 bits per heavy atom. The van der Waals surface area contributed by atoms with E-state index in [-0.39, 0.29) is 0 Å². The van der Waals surface area contributed by atoms with Crippen LogP contribution in [0.4, 0.5) is 0 Å². The first-order valence-corrected chi connectivity index (χ1v) is 6.59. The van der Waals surface area contributed by atoms with E-state index >= 15 is 0 Å². The van der Waals surface area contributed by atoms with Gasteiger partial charge in [-0.3, -0.25) is 4.90 Å². The van der Waals surface area contributed by atoms with Crippen LogP contribution in [0.2, 0.25) is 0 Å². The molecule has 4 nitrogen and oxygen atoms in total. The molecule has 0 radical (unpaired) electrons. The van der Waals surface area contributed by atoms with Gasteiger partial charge in [0.25, 0.3) is 0 Å². The molecule has 0 aromatic heterocycles. The molecule has 16 heavy (non-hydrogen) atoms. The van der Waals surface area contributed by atoms with Gasteiger partial charge in [0.2, 0.25) is 0 Å². The van der Waals surface area contributed by atoms with E-state index in [9.17, 15) is 0 Å². The summed E-state index contributed by atoms with van der Waals surface area (Å²) in [7, 11) is 0. The number of ether oxygens (including phenoxy) is 1. The molecule has 0 unspecified atom stereocenters. The highest BCUT2D eigenvalue weighted by atomic mass is 16.5. The molecule has 0 aliphatic carbocycles. The van der Waals surface area contributed by atoms with Crippen LogP contribution < -0.4 is 5.32 Å². The quantitative estimate of drug-likeness (QED) is 0.734. The van der Waals surface area contributed by atoms with Crippen molar-refractivity contribution in [2.45, 2.75) is 26.1 Å². The third-order valence-corrected chi connectivity index (χ3v) is 3.60.